The fourth-order valence-corrected chi connectivity index (χ4v) is 3.60. The Labute approximate surface area is 165 Å². The SMILES string of the molecule is CCOc1ccc(N2CCN(c3noc([C@@H](C)NC(C)=O)n3)[C@@H](C)C2)c(C)c1. The zero-order valence-corrected chi connectivity index (χ0v) is 17.2. The summed E-state index contributed by atoms with van der Waals surface area (Å²) in [5.41, 5.74) is 2.43. The number of hydrogen-bond acceptors (Lipinski definition) is 7. The van der Waals surface area contributed by atoms with Crippen molar-refractivity contribution in [1.29, 1.82) is 0 Å². The zero-order chi connectivity index (χ0) is 20.3. The molecule has 0 unspecified atom stereocenters. The highest BCUT2D eigenvalue weighted by molar-refractivity contribution is 5.73. The molecule has 0 radical (unpaired) electrons. The van der Waals surface area contributed by atoms with Gasteiger partial charge in [-0.2, -0.15) is 4.98 Å². The third kappa shape index (κ3) is 4.37. The highest BCUT2D eigenvalue weighted by atomic mass is 16.5. The number of hydrogen-bond donors (Lipinski definition) is 1. The smallest absolute Gasteiger partial charge is 0.266 e. The van der Waals surface area contributed by atoms with Crippen molar-refractivity contribution in [3.63, 3.8) is 0 Å². The maximum absolute atomic E-state index is 11.2. The third-order valence-electron chi connectivity index (χ3n) is 4.93. The molecule has 0 saturated carbocycles. The third-order valence-corrected chi connectivity index (χ3v) is 4.93. The molecule has 8 heteroatoms. The maximum atomic E-state index is 11.2. The van der Waals surface area contributed by atoms with Gasteiger partial charge in [0.2, 0.25) is 5.91 Å². The number of anilines is 2. The van der Waals surface area contributed by atoms with E-state index in [-0.39, 0.29) is 18.0 Å². The molecule has 1 aromatic heterocycles. The Morgan fingerprint density at radius 1 is 1.43 bits per heavy atom. The van der Waals surface area contributed by atoms with Crippen molar-refractivity contribution in [3.8, 4) is 5.75 Å². The number of aryl methyl sites for hydroxylation is 1. The lowest BCUT2D eigenvalue weighted by Gasteiger charge is -2.40. The molecule has 0 bridgehead atoms. The Hall–Kier alpha value is -2.77. The van der Waals surface area contributed by atoms with Crippen LogP contribution in [0.25, 0.3) is 0 Å². The van der Waals surface area contributed by atoms with Crippen molar-refractivity contribution in [2.24, 2.45) is 0 Å². The van der Waals surface area contributed by atoms with E-state index in [0.717, 1.165) is 25.4 Å². The van der Waals surface area contributed by atoms with Crippen LogP contribution in [-0.4, -0.2) is 48.3 Å². The molecule has 2 heterocycles. The minimum absolute atomic E-state index is 0.125. The molecule has 0 aliphatic carbocycles. The normalized spacial score (nSPS) is 18.1. The largest absolute Gasteiger partial charge is 0.494 e. The van der Waals surface area contributed by atoms with Crippen LogP contribution in [0.2, 0.25) is 0 Å². The molecule has 28 heavy (non-hydrogen) atoms. The summed E-state index contributed by atoms with van der Waals surface area (Å²) in [6.07, 6.45) is 0. The number of carbonyl (C=O) groups is 1. The monoisotopic (exact) mass is 387 g/mol. The summed E-state index contributed by atoms with van der Waals surface area (Å²) >= 11 is 0. The van der Waals surface area contributed by atoms with Crippen molar-refractivity contribution in [2.45, 2.75) is 46.7 Å². The van der Waals surface area contributed by atoms with Crippen LogP contribution in [0.1, 0.15) is 45.2 Å². The van der Waals surface area contributed by atoms with Gasteiger partial charge in [0.15, 0.2) is 0 Å². The molecular weight excluding hydrogens is 358 g/mol. The number of rotatable bonds is 6. The lowest BCUT2D eigenvalue weighted by molar-refractivity contribution is -0.119. The van der Waals surface area contributed by atoms with Crippen LogP contribution in [-0.2, 0) is 4.79 Å². The van der Waals surface area contributed by atoms with Gasteiger partial charge in [-0.3, -0.25) is 4.79 Å². The Balaban J connectivity index is 1.67. The lowest BCUT2D eigenvalue weighted by Crippen LogP contribution is -2.52. The summed E-state index contributed by atoms with van der Waals surface area (Å²) in [5, 5.41) is 6.88. The number of carbonyl (C=O) groups excluding carboxylic acids is 1. The van der Waals surface area contributed by atoms with Crippen LogP contribution in [0.15, 0.2) is 22.7 Å². The van der Waals surface area contributed by atoms with E-state index in [1.165, 1.54) is 18.2 Å². The fourth-order valence-electron chi connectivity index (χ4n) is 3.60. The van der Waals surface area contributed by atoms with Crippen molar-refractivity contribution in [2.75, 3.05) is 36.0 Å². The summed E-state index contributed by atoms with van der Waals surface area (Å²) in [6.45, 7) is 12.7. The van der Waals surface area contributed by atoms with E-state index in [9.17, 15) is 4.79 Å². The molecule has 1 aromatic carbocycles. The lowest BCUT2D eigenvalue weighted by atomic mass is 10.1. The van der Waals surface area contributed by atoms with Crippen LogP contribution < -0.4 is 19.9 Å². The summed E-state index contributed by atoms with van der Waals surface area (Å²) < 4.78 is 10.9. The number of ether oxygens (including phenoxy) is 1. The second kappa shape index (κ2) is 8.50. The topological polar surface area (TPSA) is 83.7 Å². The van der Waals surface area contributed by atoms with E-state index in [0.29, 0.717) is 18.4 Å². The zero-order valence-electron chi connectivity index (χ0n) is 17.2. The van der Waals surface area contributed by atoms with Gasteiger partial charge in [0.1, 0.15) is 11.8 Å². The number of nitrogens with one attached hydrogen (secondary N) is 1. The second-order valence-corrected chi connectivity index (χ2v) is 7.22. The van der Waals surface area contributed by atoms with Crippen LogP contribution in [0.5, 0.6) is 5.75 Å². The predicted molar refractivity (Wildman–Crippen MR) is 108 cm³/mol. The van der Waals surface area contributed by atoms with Crippen molar-refractivity contribution < 1.29 is 14.1 Å². The van der Waals surface area contributed by atoms with Gasteiger partial charge < -0.3 is 24.4 Å². The maximum Gasteiger partial charge on any atom is 0.266 e. The number of nitrogens with zero attached hydrogens (tertiary/aromatic N) is 4. The van der Waals surface area contributed by atoms with E-state index in [1.807, 2.05) is 19.9 Å². The van der Waals surface area contributed by atoms with Gasteiger partial charge in [-0.15, -0.1) is 0 Å². The first-order valence-corrected chi connectivity index (χ1v) is 9.74. The minimum Gasteiger partial charge on any atom is -0.494 e. The highest BCUT2D eigenvalue weighted by Gasteiger charge is 2.28. The van der Waals surface area contributed by atoms with Crippen molar-refractivity contribution in [3.05, 3.63) is 29.7 Å². The number of aromatic nitrogens is 2. The van der Waals surface area contributed by atoms with E-state index in [2.05, 4.69) is 51.2 Å². The molecule has 8 nitrogen and oxygen atoms in total. The first kappa shape index (κ1) is 20.0. The van der Waals surface area contributed by atoms with Crippen LogP contribution in [0.3, 0.4) is 0 Å². The molecule has 2 aromatic rings. The molecule has 1 amide bonds. The molecule has 1 aliphatic heterocycles. The summed E-state index contributed by atoms with van der Waals surface area (Å²) in [4.78, 5) is 20.2. The Kier molecular flexibility index (Phi) is 6.06. The van der Waals surface area contributed by atoms with Gasteiger partial charge >= 0.3 is 0 Å². The van der Waals surface area contributed by atoms with E-state index in [4.69, 9.17) is 9.26 Å². The Morgan fingerprint density at radius 2 is 2.21 bits per heavy atom. The summed E-state index contributed by atoms with van der Waals surface area (Å²) in [6, 6.07) is 6.16. The molecule has 152 valence electrons. The molecule has 0 spiro atoms. The van der Waals surface area contributed by atoms with E-state index < -0.39 is 0 Å². The van der Waals surface area contributed by atoms with Gasteiger partial charge in [-0.05, 0) is 56.6 Å². The van der Waals surface area contributed by atoms with Crippen LogP contribution in [0, 0.1) is 6.92 Å². The van der Waals surface area contributed by atoms with Crippen molar-refractivity contribution >= 4 is 17.5 Å². The van der Waals surface area contributed by atoms with E-state index >= 15 is 0 Å². The standard InChI is InChI=1S/C20H29N5O3/c1-6-27-17-7-8-18(13(2)11-17)24-9-10-25(14(3)12-24)20-22-19(28-23-20)15(4)21-16(5)26/h7-8,11,14-15H,6,9-10,12H2,1-5H3,(H,21,26)/t14-,15+/m0/s1. The molecule has 2 atom stereocenters. The average molecular weight is 387 g/mol. The minimum atomic E-state index is -0.304. The number of amides is 1. The molecule has 1 N–H and O–H groups in total. The predicted octanol–water partition coefficient (Wildman–Crippen LogP) is 2.69. The summed E-state index contributed by atoms with van der Waals surface area (Å²) in [7, 11) is 0. The van der Waals surface area contributed by atoms with Crippen LogP contribution >= 0.6 is 0 Å². The first-order chi connectivity index (χ1) is 13.4. The quantitative estimate of drug-likeness (QED) is 0.816. The molecule has 1 fully saturated rings. The Bertz CT molecular complexity index is 822. The van der Waals surface area contributed by atoms with Gasteiger partial charge in [0, 0.05) is 38.3 Å². The van der Waals surface area contributed by atoms with Gasteiger partial charge in [0.25, 0.3) is 11.8 Å². The molecule has 3 rings (SSSR count). The highest BCUT2D eigenvalue weighted by Crippen LogP contribution is 2.28. The van der Waals surface area contributed by atoms with Gasteiger partial charge in [-0.1, -0.05) is 0 Å². The molecular formula is C20H29N5O3. The molecule has 1 saturated heterocycles. The fraction of sp³-hybridized carbons (Fsp3) is 0.550. The average Bonchev–Trinajstić information content (AvgIpc) is 3.11. The first-order valence-electron chi connectivity index (χ1n) is 9.74. The number of piperazine rings is 1. The molecule has 1 aliphatic rings. The second-order valence-electron chi connectivity index (χ2n) is 7.22. The Morgan fingerprint density at radius 3 is 2.86 bits per heavy atom. The summed E-state index contributed by atoms with van der Waals surface area (Å²) in [5.74, 6) is 1.77. The van der Waals surface area contributed by atoms with E-state index in [1.54, 1.807) is 0 Å². The number of benzene rings is 1. The van der Waals surface area contributed by atoms with Gasteiger partial charge in [0.05, 0.1) is 6.61 Å². The van der Waals surface area contributed by atoms with Crippen LogP contribution in [0.4, 0.5) is 11.6 Å². The van der Waals surface area contributed by atoms with Crippen molar-refractivity contribution in [1.82, 2.24) is 15.5 Å². The van der Waals surface area contributed by atoms with Gasteiger partial charge in [-0.25, -0.2) is 0 Å².